The number of nitrogens with zero attached hydrogens (tertiary/aromatic N) is 3. The zero-order chi connectivity index (χ0) is 25.7. The number of hydrogen-bond donors (Lipinski definition) is 1. The number of ether oxygens (including phenoxy) is 2. The number of nitrogens with one attached hydrogen (secondary N) is 1. The van der Waals surface area contributed by atoms with Crippen LogP contribution in [0.15, 0.2) is 16.6 Å². The molecule has 9 nitrogen and oxygen atoms in total. The van der Waals surface area contributed by atoms with Gasteiger partial charge in [0.2, 0.25) is 5.91 Å². The molecule has 0 saturated heterocycles. The summed E-state index contributed by atoms with van der Waals surface area (Å²) in [6.45, 7) is 7.85. The van der Waals surface area contributed by atoms with Gasteiger partial charge in [0.1, 0.15) is 9.88 Å². The highest BCUT2D eigenvalue weighted by atomic mass is 32.2. The Labute approximate surface area is 216 Å². The largest absolute Gasteiger partial charge is 0.465 e. The van der Waals surface area contributed by atoms with E-state index in [0.29, 0.717) is 10.7 Å². The van der Waals surface area contributed by atoms with Crippen molar-refractivity contribution in [3.8, 4) is 11.4 Å². The number of aromatic nitrogens is 3. The minimum absolute atomic E-state index is 0.0424. The lowest BCUT2D eigenvalue weighted by molar-refractivity contribution is -0.113. The first-order valence-corrected chi connectivity index (χ1v) is 13.6. The molecule has 0 aliphatic rings. The van der Waals surface area contributed by atoms with E-state index in [-0.39, 0.29) is 33.1 Å². The van der Waals surface area contributed by atoms with Crippen LogP contribution in [0.2, 0.25) is 0 Å². The molecule has 0 unspecified atom stereocenters. The fourth-order valence-electron chi connectivity index (χ4n) is 3.44. The van der Waals surface area contributed by atoms with Crippen molar-refractivity contribution in [3.63, 3.8) is 0 Å². The molecule has 1 amide bonds. The molecule has 0 saturated carbocycles. The topological polar surface area (TPSA) is 112 Å². The minimum atomic E-state index is -0.640. The van der Waals surface area contributed by atoms with Crippen molar-refractivity contribution in [2.75, 3.05) is 25.3 Å². The fourth-order valence-corrected chi connectivity index (χ4v) is 6.41. The maximum Gasteiger partial charge on any atom is 0.348 e. The molecule has 0 spiro atoms. The molecule has 0 atom stereocenters. The predicted octanol–water partition coefficient (Wildman–Crippen LogP) is 5.21. The summed E-state index contributed by atoms with van der Waals surface area (Å²) in [6.07, 6.45) is 2.10. The van der Waals surface area contributed by atoms with E-state index in [2.05, 4.69) is 33.9 Å². The number of esters is 2. The van der Waals surface area contributed by atoms with Crippen LogP contribution in [0.3, 0.4) is 0 Å². The number of anilines is 1. The number of amides is 1. The van der Waals surface area contributed by atoms with E-state index in [4.69, 9.17) is 9.47 Å². The summed E-state index contributed by atoms with van der Waals surface area (Å²) in [7, 11) is 2.50. The van der Waals surface area contributed by atoms with E-state index in [1.165, 1.54) is 30.9 Å². The Morgan fingerprint density at radius 3 is 2.51 bits per heavy atom. The van der Waals surface area contributed by atoms with Crippen LogP contribution in [0.5, 0.6) is 0 Å². The van der Waals surface area contributed by atoms with E-state index in [9.17, 15) is 14.4 Å². The molecule has 3 heterocycles. The number of methoxy groups -OCH3 is 2. The molecule has 3 aromatic rings. The number of carbonyl (C=O) groups excluding carboxylic acids is 3. The average molecular weight is 537 g/mol. The Bertz CT molecular complexity index is 1230. The zero-order valence-corrected chi connectivity index (χ0v) is 22.9. The molecule has 0 radical (unpaired) electrons. The molecule has 1 N–H and O–H groups in total. The smallest absolute Gasteiger partial charge is 0.348 e. The Hall–Kier alpha value is -2.70. The third kappa shape index (κ3) is 5.93. The van der Waals surface area contributed by atoms with Gasteiger partial charge in [0.15, 0.2) is 11.0 Å². The highest BCUT2D eigenvalue weighted by Crippen LogP contribution is 2.35. The van der Waals surface area contributed by atoms with Crippen molar-refractivity contribution in [1.29, 1.82) is 0 Å². The molecule has 35 heavy (non-hydrogen) atoms. The molecule has 0 fully saturated rings. The second kappa shape index (κ2) is 11.8. The van der Waals surface area contributed by atoms with Gasteiger partial charge in [-0.15, -0.1) is 32.9 Å². The Morgan fingerprint density at radius 2 is 1.89 bits per heavy atom. The summed E-state index contributed by atoms with van der Waals surface area (Å²) < 4.78 is 11.6. The van der Waals surface area contributed by atoms with E-state index in [1.807, 2.05) is 18.4 Å². The lowest BCUT2D eigenvalue weighted by Gasteiger charge is -2.13. The van der Waals surface area contributed by atoms with Crippen LogP contribution in [0.25, 0.3) is 11.4 Å². The quantitative estimate of drug-likeness (QED) is 0.277. The molecule has 0 aliphatic carbocycles. The number of aryl methyl sites for hydroxylation is 1. The number of thiophene rings is 2. The molecular formula is C23H28N4O5S3. The Morgan fingerprint density at radius 1 is 1.17 bits per heavy atom. The molecule has 0 bridgehead atoms. The van der Waals surface area contributed by atoms with Crippen LogP contribution in [0.1, 0.15) is 63.7 Å². The molecule has 188 valence electrons. The van der Waals surface area contributed by atoms with Gasteiger partial charge < -0.3 is 14.8 Å². The molecule has 3 rings (SSSR count). The predicted molar refractivity (Wildman–Crippen MR) is 139 cm³/mol. The van der Waals surface area contributed by atoms with Gasteiger partial charge in [-0.05, 0) is 38.8 Å². The monoisotopic (exact) mass is 536 g/mol. The van der Waals surface area contributed by atoms with E-state index < -0.39 is 11.9 Å². The average Bonchev–Trinajstić information content (AvgIpc) is 3.54. The summed E-state index contributed by atoms with van der Waals surface area (Å²) in [5.74, 6) is -0.759. The maximum atomic E-state index is 12.8. The standard InChI is InChI=1S/C23H28N4O5S3/c1-7-8-15-9-14(10-33-15)19-25-26-23(27(19)12(2)3)34-11-16(28)24-20-17(21(29)31-5)13(4)18(35-20)22(30)32-6/h9-10,12H,7-8,11H2,1-6H3,(H,24,28). The van der Waals surface area contributed by atoms with Crippen molar-refractivity contribution < 1.29 is 23.9 Å². The highest BCUT2D eigenvalue weighted by molar-refractivity contribution is 7.99. The number of rotatable bonds is 10. The van der Waals surface area contributed by atoms with Crippen molar-refractivity contribution in [1.82, 2.24) is 14.8 Å². The number of hydrogen-bond acceptors (Lipinski definition) is 10. The van der Waals surface area contributed by atoms with Crippen LogP contribution in [-0.4, -0.2) is 52.6 Å². The van der Waals surface area contributed by atoms with E-state index in [0.717, 1.165) is 35.6 Å². The molecule has 0 aliphatic heterocycles. The molecule has 3 aromatic heterocycles. The minimum Gasteiger partial charge on any atom is -0.465 e. The van der Waals surface area contributed by atoms with Crippen LogP contribution in [0, 0.1) is 6.92 Å². The van der Waals surface area contributed by atoms with E-state index in [1.54, 1.807) is 18.3 Å². The second-order valence-corrected chi connectivity index (χ2v) is 10.9. The lowest BCUT2D eigenvalue weighted by Crippen LogP contribution is -2.16. The first kappa shape index (κ1) is 26.9. The van der Waals surface area contributed by atoms with Crippen LogP contribution in [0.4, 0.5) is 5.00 Å². The molecule has 0 aromatic carbocycles. The summed E-state index contributed by atoms with van der Waals surface area (Å²) in [4.78, 5) is 38.7. The number of carbonyl (C=O) groups is 3. The SMILES string of the molecule is CCCc1cc(-c2nnc(SCC(=O)Nc3sc(C(=O)OC)c(C)c3C(=O)OC)n2C(C)C)cs1. The van der Waals surface area contributed by atoms with Gasteiger partial charge in [-0.3, -0.25) is 9.36 Å². The highest BCUT2D eigenvalue weighted by Gasteiger charge is 2.27. The van der Waals surface area contributed by atoms with Crippen LogP contribution in [-0.2, 0) is 20.7 Å². The van der Waals surface area contributed by atoms with Crippen molar-refractivity contribution in [2.24, 2.45) is 0 Å². The molecule has 12 heteroatoms. The summed E-state index contributed by atoms with van der Waals surface area (Å²) in [5.41, 5.74) is 1.56. The van der Waals surface area contributed by atoms with Gasteiger partial charge in [-0.1, -0.05) is 25.1 Å². The zero-order valence-electron chi connectivity index (χ0n) is 20.5. The first-order valence-electron chi connectivity index (χ1n) is 11.0. The summed E-state index contributed by atoms with van der Waals surface area (Å²) >= 11 is 3.94. The van der Waals surface area contributed by atoms with Crippen LogP contribution < -0.4 is 5.32 Å². The number of thioether (sulfide) groups is 1. The molecular weight excluding hydrogens is 508 g/mol. The van der Waals surface area contributed by atoms with Crippen molar-refractivity contribution in [2.45, 2.75) is 51.7 Å². The third-order valence-corrected chi connectivity index (χ3v) is 8.21. The van der Waals surface area contributed by atoms with Crippen molar-refractivity contribution >= 4 is 57.3 Å². The Kier molecular flexibility index (Phi) is 9.09. The van der Waals surface area contributed by atoms with Crippen LogP contribution >= 0.6 is 34.4 Å². The third-order valence-electron chi connectivity index (χ3n) is 5.08. The normalized spacial score (nSPS) is 11.1. The summed E-state index contributed by atoms with van der Waals surface area (Å²) in [6, 6.07) is 2.23. The fraction of sp³-hybridized carbons (Fsp3) is 0.435. The van der Waals surface area contributed by atoms with E-state index >= 15 is 0 Å². The van der Waals surface area contributed by atoms with Gasteiger partial charge in [0.05, 0.1) is 25.5 Å². The second-order valence-electron chi connectivity index (χ2n) is 7.90. The van der Waals surface area contributed by atoms with Crippen molar-refractivity contribution in [3.05, 3.63) is 32.3 Å². The van der Waals surface area contributed by atoms with Gasteiger partial charge in [-0.2, -0.15) is 0 Å². The first-order chi connectivity index (χ1) is 16.7. The van der Waals surface area contributed by atoms with Gasteiger partial charge >= 0.3 is 11.9 Å². The van der Waals surface area contributed by atoms with Gasteiger partial charge in [0, 0.05) is 21.9 Å². The van der Waals surface area contributed by atoms with Gasteiger partial charge in [0.25, 0.3) is 0 Å². The summed E-state index contributed by atoms with van der Waals surface area (Å²) in [5, 5.41) is 14.4. The lowest BCUT2D eigenvalue weighted by atomic mass is 10.1. The Balaban J connectivity index is 1.79. The maximum absolute atomic E-state index is 12.8. The van der Waals surface area contributed by atoms with Gasteiger partial charge in [-0.25, -0.2) is 9.59 Å².